The fourth-order valence-electron chi connectivity index (χ4n) is 4.06. The van der Waals surface area contributed by atoms with Crippen molar-refractivity contribution in [3.8, 4) is 5.75 Å². The molecule has 0 aliphatic heterocycles. The molecule has 0 radical (unpaired) electrons. The largest absolute Gasteiger partial charge is 0.483 e. The first kappa shape index (κ1) is 24.7. The van der Waals surface area contributed by atoms with Crippen molar-refractivity contribution in [2.24, 2.45) is 0 Å². The van der Waals surface area contributed by atoms with Gasteiger partial charge in [0.2, 0.25) is 0 Å². The SMILES string of the molecule is CCc1ccc(NC(=O)N[C@H]2CCCC[C@H]2NC(=O)c2csc(COc3ccccc3F)n2)cc1. The van der Waals surface area contributed by atoms with E-state index in [-0.39, 0.29) is 42.1 Å². The molecule has 0 spiro atoms. The van der Waals surface area contributed by atoms with Crippen molar-refractivity contribution in [3.05, 3.63) is 76.0 Å². The lowest BCUT2D eigenvalue weighted by Crippen LogP contribution is -2.54. The zero-order valence-corrected chi connectivity index (χ0v) is 20.4. The van der Waals surface area contributed by atoms with Crippen LogP contribution >= 0.6 is 11.3 Å². The zero-order valence-electron chi connectivity index (χ0n) is 19.6. The number of anilines is 1. The van der Waals surface area contributed by atoms with Crippen LogP contribution < -0.4 is 20.7 Å². The molecule has 2 atom stereocenters. The van der Waals surface area contributed by atoms with Gasteiger partial charge in [-0.05, 0) is 49.1 Å². The predicted octanol–water partition coefficient (Wildman–Crippen LogP) is 5.29. The summed E-state index contributed by atoms with van der Waals surface area (Å²) in [7, 11) is 0. The number of carbonyl (C=O) groups is 2. The Bertz CT molecular complexity index is 1150. The van der Waals surface area contributed by atoms with Crippen molar-refractivity contribution in [3.63, 3.8) is 0 Å². The minimum Gasteiger partial charge on any atom is -0.483 e. The van der Waals surface area contributed by atoms with E-state index in [4.69, 9.17) is 4.74 Å². The Morgan fingerprint density at radius 1 is 1.06 bits per heavy atom. The molecular formula is C26H29FN4O3S. The highest BCUT2D eigenvalue weighted by Crippen LogP contribution is 2.21. The molecule has 4 rings (SSSR count). The van der Waals surface area contributed by atoms with Gasteiger partial charge in [0.25, 0.3) is 5.91 Å². The normalized spacial score (nSPS) is 17.4. The Kier molecular flexibility index (Phi) is 8.31. The van der Waals surface area contributed by atoms with Gasteiger partial charge in [-0.15, -0.1) is 11.3 Å². The molecule has 3 aromatic rings. The highest BCUT2D eigenvalue weighted by Gasteiger charge is 2.28. The van der Waals surface area contributed by atoms with Gasteiger partial charge >= 0.3 is 6.03 Å². The van der Waals surface area contributed by atoms with E-state index in [9.17, 15) is 14.0 Å². The van der Waals surface area contributed by atoms with Crippen molar-refractivity contribution in [1.82, 2.24) is 15.6 Å². The van der Waals surface area contributed by atoms with Crippen LogP contribution in [0.3, 0.4) is 0 Å². The van der Waals surface area contributed by atoms with Crippen molar-refractivity contribution in [2.45, 2.75) is 57.7 Å². The van der Waals surface area contributed by atoms with Crippen LogP contribution in [0, 0.1) is 5.82 Å². The number of ether oxygens (including phenoxy) is 1. The Labute approximate surface area is 208 Å². The van der Waals surface area contributed by atoms with E-state index in [0.29, 0.717) is 5.01 Å². The number of carbonyl (C=O) groups excluding carboxylic acids is 2. The number of nitrogens with one attached hydrogen (secondary N) is 3. The fraction of sp³-hybridized carbons (Fsp3) is 0.346. The van der Waals surface area contributed by atoms with Gasteiger partial charge in [0.1, 0.15) is 17.3 Å². The average molecular weight is 497 g/mol. The Morgan fingerprint density at radius 3 is 2.49 bits per heavy atom. The lowest BCUT2D eigenvalue weighted by atomic mass is 9.90. The molecule has 1 aliphatic rings. The smallest absolute Gasteiger partial charge is 0.319 e. The summed E-state index contributed by atoms with van der Waals surface area (Å²) in [5, 5.41) is 11.1. The van der Waals surface area contributed by atoms with Crippen LogP contribution in [0.2, 0.25) is 0 Å². The van der Waals surface area contributed by atoms with Gasteiger partial charge in [0.15, 0.2) is 11.6 Å². The zero-order chi connectivity index (χ0) is 24.6. The van der Waals surface area contributed by atoms with Crippen LogP contribution in [-0.4, -0.2) is 29.0 Å². The van der Waals surface area contributed by atoms with Crippen molar-refractivity contribution < 1.29 is 18.7 Å². The number of para-hydroxylation sites is 1. The third kappa shape index (κ3) is 6.79. The summed E-state index contributed by atoms with van der Waals surface area (Å²) in [4.78, 5) is 29.7. The average Bonchev–Trinajstić information content (AvgIpc) is 3.34. The molecule has 35 heavy (non-hydrogen) atoms. The van der Waals surface area contributed by atoms with E-state index in [0.717, 1.165) is 37.8 Å². The van der Waals surface area contributed by atoms with Gasteiger partial charge in [0, 0.05) is 17.1 Å². The molecule has 0 unspecified atom stereocenters. The van der Waals surface area contributed by atoms with Gasteiger partial charge in [-0.1, -0.05) is 44.0 Å². The second-order valence-electron chi connectivity index (χ2n) is 8.47. The van der Waals surface area contributed by atoms with Crippen LogP contribution in [0.25, 0.3) is 0 Å². The number of rotatable bonds is 8. The lowest BCUT2D eigenvalue weighted by Gasteiger charge is -2.32. The number of thiazole rings is 1. The first-order valence-corrected chi connectivity index (χ1v) is 12.7. The highest BCUT2D eigenvalue weighted by atomic mass is 32.1. The highest BCUT2D eigenvalue weighted by molar-refractivity contribution is 7.09. The van der Waals surface area contributed by atoms with Crippen LogP contribution in [0.5, 0.6) is 5.75 Å². The predicted molar refractivity (Wildman–Crippen MR) is 134 cm³/mol. The first-order chi connectivity index (χ1) is 17.0. The standard InChI is InChI=1S/C26H29FN4O3S/c1-2-17-11-13-18(14-12-17)28-26(33)31-21-9-5-4-8-20(21)30-25(32)22-16-35-24(29-22)15-34-23-10-6-3-7-19(23)27/h3,6-7,10-14,16,20-21H,2,4-5,8-9,15H2,1H3,(H,30,32)(H2,28,31,33)/t20-,21+/m1/s1. The molecule has 7 nitrogen and oxygen atoms in total. The van der Waals surface area contributed by atoms with Crippen LogP contribution in [0.1, 0.15) is 53.7 Å². The van der Waals surface area contributed by atoms with Gasteiger partial charge < -0.3 is 20.7 Å². The van der Waals surface area contributed by atoms with E-state index in [1.807, 2.05) is 24.3 Å². The molecule has 1 fully saturated rings. The molecule has 1 aliphatic carbocycles. The van der Waals surface area contributed by atoms with Crippen LogP contribution in [-0.2, 0) is 13.0 Å². The fourth-order valence-corrected chi connectivity index (χ4v) is 4.75. The lowest BCUT2D eigenvalue weighted by molar-refractivity contribution is 0.0911. The van der Waals surface area contributed by atoms with Gasteiger partial charge in [-0.3, -0.25) is 4.79 Å². The van der Waals surface area contributed by atoms with Gasteiger partial charge in [-0.2, -0.15) is 0 Å². The Morgan fingerprint density at radius 2 is 1.77 bits per heavy atom. The van der Waals surface area contributed by atoms with Crippen molar-refractivity contribution in [1.29, 1.82) is 0 Å². The third-order valence-corrected chi connectivity index (χ3v) is 6.81. The van der Waals surface area contributed by atoms with Gasteiger partial charge in [0.05, 0.1) is 6.04 Å². The number of hydrogen-bond donors (Lipinski definition) is 3. The molecule has 0 bridgehead atoms. The molecule has 3 amide bonds. The Balaban J connectivity index is 1.31. The van der Waals surface area contributed by atoms with E-state index < -0.39 is 5.82 Å². The second-order valence-corrected chi connectivity index (χ2v) is 9.41. The summed E-state index contributed by atoms with van der Waals surface area (Å²) in [6, 6.07) is 13.2. The molecule has 184 valence electrons. The number of nitrogens with zero attached hydrogens (tertiary/aromatic N) is 1. The summed E-state index contributed by atoms with van der Waals surface area (Å²) in [5.41, 5.74) is 2.21. The minimum absolute atomic E-state index is 0.0753. The number of hydrogen-bond acceptors (Lipinski definition) is 5. The molecule has 1 saturated carbocycles. The maximum atomic E-state index is 13.7. The van der Waals surface area contributed by atoms with E-state index >= 15 is 0 Å². The minimum atomic E-state index is -0.445. The summed E-state index contributed by atoms with van der Waals surface area (Å²) >= 11 is 1.28. The summed E-state index contributed by atoms with van der Waals surface area (Å²) < 4.78 is 19.2. The number of urea groups is 1. The quantitative estimate of drug-likeness (QED) is 0.395. The molecule has 2 aromatic carbocycles. The maximum Gasteiger partial charge on any atom is 0.319 e. The number of amides is 3. The summed E-state index contributed by atoms with van der Waals surface area (Å²) in [6.07, 6.45) is 4.45. The number of aromatic nitrogens is 1. The maximum absolute atomic E-state index is 13.7. The first-order valence-electron chi connectivity index (χ1n) is 11.8. The van der Waals surface area contributed by atoms with Gasteiger partial charge in [-0.25, -0.2) is 14.2 Å². The molecule has 1 aromatic heterocycles. The third-order valence-electron chi connectivity index (χ3n) is 5.99. The second kappa shape index (κ2) is 11.8. The van der Waals surface area contributed by atoms with Crippen LogP contribution in [0.15, 0.2) is 53.9 Å². The summed E-state index contributed by atoms with van der Waals surface area (Å²) in [6.45, 7) is 2.16. The topological polar surface area (TPSA) is 92.4 Å². The molecular weight excluding hydrogens is 467 g/mol. The number of halogens is 1. The molecule has 1 heterocycles. The van der Waals surface area contributed by atoms with E-state index in [2.05, 4.69) is 27.9 Å². The van der Waals surface area contributed by atoms with Crippen molar-refractivity contribution >= 4 is 29.0 Å². The van der Waals surface area contributed by atoms with E-state index in [1.165, 1.54) is 23.0 Å². The number of aryl methyl sites for hydroxylation is 1. The summed E-state index contributed by atoms with van der Waals surface area (Å²) in [5.74, 6) is -0.600. The molecule has 0 saturated heterocycles. The van der Waals surface area contributed by atoms with E-state index in [1.54, 1.807) is 23.6 Å². The Hall–Kier alpha value is -3.46. The molecule has 9 heteroatoms. The molecule has 3 N–H and O–H groups in total. The monoisotopic (exact) mass is 496 g/mol. The van der Waals surface area contributed by atoms with Crippen molar-refractivity contribution in [2.75, 3.05) is 5.32 Å². The van der Waals surface area contributed by atoms with Crippen LogP contribution in [0.4, 0.5) is 14.9 Å². The number of benzene rings is 2.